The first-order chi connectivity index (χ1) is 21.8. The molecule has 0 bridgehead atoms. The summed E-state index contributed by atoms with van der Waals surface area (Å²) < 4.78 is 34.5. The molecule has 2 N–H and O–H groups in total. The van der Waals surface area contributed by atoms with Crippen molar-refractivity contribution in [1.29, 1.82) is 0 Å². The monoisotopic (exact) mass is 663 g/mol. The molecule has 0 saturated carbocycles. The Morgan fingerprint density at radius 1 is 0.936 bits per heavy atom. The Kier molecular flexibility index (Phi) is 9.25. The molecule has 0 saturated heterocycles. The first kappa shape index (κ1) is 35.1. The summed E-state index contributed by atoms with van der Waals surface area (Å²) >= 11 is 0. The summed E-state index contributed by atoms with van der Waals surface area (Å²) in [5.74, 6) is -0.914. The van der Waals surface area contributed by atoms with Crippen molar-refractivity contribution in [2.75, 3.05) is 35.2 Å². The second-order valence-corrected chi connectivity index (χ2v) is 16.9. The van der Waals surface area contributed by atoms with E-state index in [9.17, 15) is 22.9 Å². The predicted molar refractivity (Wildman–Crippen MR) is 193 cm³/mol. The van der Waals surface area contributed by atoms with Gasteiger partial charge in [0.1, 0.15) is 5.75 Å². The first-order valence-corrected chi connectivity index (χ1v) is 18.8. The number of anilines is 2. The summed E-state index contributed by atoms with van der Waals surface area (Å²) in [5, 5.41) is 9.39. The minimum Gasteiger partial charge on any atom is -0.481 e. The Bertz CT molecular complexity index is 1750. The maximum absolute atomic E-state index is 12.2. The number of unbranched alkanes of at least 4 members (excludes halogenated alkanes) is 1. The molecule has 2 aromatic rings. The minimum absolute atomic E-state index is 0.129. The summed E-state index contributed by atoms with van der Waals surface area (Å²) in [6.07, 6.45) is 5.63. The van der Waals surface area contributed by atoms with E-state index in [0.717, 1.165) is 59.5 Å². The van der Waals surface area contributed by atoms with Gasteiger partial charge in [-0.25, -0.2) is 0 Å². The number of hydrogen-bond acceptors (Lipinski definition) is 6. The smallest absolute Gasteiger partial charge is 0.303 e. The average molecular weight is 664 g/mol. The van der Waals surface area contributed by atoms with Crippen LogP contribution in [0.15, 0.2) is 35.3 Å². The van der Waals surface area contributed by atoms with E-state index in [-0.39, 0.29) is 12.0 Å². The fourth-order valence-electron chi connectivity index (χ4n) is 8.43. The van der Waals surface area contributed by atoms with Crippen molar-refractivity contribution in [3.8, 4) is 0 Å². The highest BCUT2D eigenvalue weighted by Gasteiger charge is 2.43. The molecule has 2 aromatic carbocycles. The van der Waals surface area contributed by atoms with Gasteiger partial charge in [0, 0.05) is 65.1 Å². The third-order valence-corrected chi connectivity index (χ3v) is 11.3. The highest BCUT2D eigenvalue weighted by atomic mass is 32.2. The molecule has 256 valence electrons. The molecule has 0 amide bonds. The molecule has 3 aliphatic rings. The van der Waals surface area contributed by atoms with E-state index in [1.807, 2.05) is 6.08 Å². The highest BCUT2D eigenvalue weighted by molar-refractivity contribution is 7.86. The van der Waals surface area contributed by atoms with E-state index in [0.29, 0.717) is 31.0 Å². The second kappa shape index (κ2) is 12.4. The number of likely N-dealkylation sites (N-methyl/N-ethyl adjacent to an activating group) is 1. The molecule has 47 heavy (non-hydrogen) atoms. The van der Waals surface area contributed by atoms with Crippen molar-refractivity contribution >= 4 is 38.7 Å². The quantitative estimate of drug-likeness (QED) is 0.197. The topological polar surface area (TPSA) is 111 Å². The van der Waals surface area contributed by atoms with Crippen LogP contribution in [0.1, 0.15) is 134 Å². The van der Waals surface area contributed by atoms with Gasteiger partial charge in [-0.2, -0.15) is 8.42 Å². The number of hydrogen-bond donors (Lipinski definition) is 2. The molecule has 0 radical (unpaired) electrons. The van der Waals surface area contributed by atoms with Gasteiger partial charge in [0.2, 0.25) is 0 Å². The zero-order valence-electron chi connectivity index (χ0n) is 29.7. The number of aliphatic imine (C=N–C) groups is 1. The summed E-state index contributed by atoms with van der Waals surface area (Å²) in [6, 6.07) is 9.05. The summed E-state index contributed by atoms with van der Waals surface area (Å²) in [7, 11) is -4.26. The lowest BCUT2D eigenvalue weighted by atomic mass is 9.65. The van der Waals surface area contributed by atoms with Crippen molar-refractivity contribution in [3.63, 3.8) is 0 Å². The number of carbonyl (C=O) groups is 1. The van der Waals surface area contributed by atoms with E-state index in [1.54, 1.807) is 0 Å². The van der Waals surface area contributed by atoms with Gasteiger partial charge in [0.15, 0.2) is 0 Å². The van der Waals surface area contributed by atoms with Gasteiger partial charge < -0.3 is 14.9 Å². The molecule has 2 aliphatic heterocycles. The van der Waals surface area contributed by atoms with E-state index >= 15 is 0 Å². The third-order valence-electron chi connectivity index (χ3n) is 10.6. The fourth-order valence-corrected chi connectivity index (χ4v) is 9.06. The molecule has 2 heterocycles. The molecule has 8 nitrogen and oxygen atoms in total. The lowest BCUT2D eigenvalue weighted by molar-refractivity contribution is -0.137. The van der Waals surface area contributed by atoms with Gasteiger partial charge in [-0.05, 0) is 106 Å². The average Bonchev–Trinajstić information content (AvgIpc) is 2.94. The Hall–Kier alpha value is -3.17. The van der Waals surface area contributed by atoms with E-state index in [2.05, 4.69) is 96.4 Å². The van der Waals surface area contributed by atoms with Crippen LogP contribution in [0.25, 0.3) is 5.57 Å². The molecule has 0 spiro atoms. The van der Waals surface area contributed by atoms with Crippen molar-refractivity contribution in [2.24, 2.45) is 4.99 Å². The summed E-state index contributed by atoms with van der Waals surface area (Å²) in [4.78, 5) is 21.4. The third kappa shape index (κ3) is 6.50. The molecule has 1 atom stereocenters. The first-order valence-electron chi connectivity index (χ1n) is 17.2. The zero-order valence-corrected chi connectivity index (χ0v) is 30.5. The summed E-state index contributed by atoms with van der Waals surface area (Å²) in [5.41, 5.74) is 9.21. The number of aliphatic carboxylic acids is 1. The van der Waals surface area contributed by atoms with Gasteiger partial charge in [-0.15, -0.1) is 0 Å². The van der Waals surface area contributed by atoms with Crippen LogP contribution in [0.3, 0.4) is 0 Å². The largest absolute Gasteiger partial charge is 0.481 e. The van der Waals surface area contributed by atoms with Crippen LogP contribution in [0.5, 0.6) is 0 Å². The highest BCUT2D eigenvalue weighted by Crippen LogP contribution is 2.52. The number of rotatable bonds is 10. The molecule has 1 aliphatic carbocycles. The van der Waals surface area contributed by atoms with Gasteiger partial charge in [0.05, 0.1) is 11.3 Å². The molecule has 0 aromatic heterocycles. The van der Waals surface area contributed by atoms with E-state index in [4.69, 9.17) is 4.99 Å². The zero-order chi connectivity index (χ0) is 34.7. The van der Waals surface area contributed by atoms with Crippen molar-refractivity contribution in [3.05, 3.63) is 63.7 Å². The van der Waals surface area contributed by atoms with Gasteiger partial charge >= 0.3 is 5.97 Å². The van der Waals surface area contributed by atoms with Gasteiger partial charge in [-0.1, -0.05) is 40.2 Å². The van der Waals surface area contributed by atoms with Crippen LogP contribution in [-0.2, 0) is 20.3 Å². The van der Waals surface area contributed by atoms with Crippen LogP contribution in [0.4, 0.5) is 11.4 Å². The molecule has 1 unspecified atom stereocenters. The number of carboxylic acid groups (broad SMARTS) is 1. The second-order valence-electron chi connectivity index (χ2n) is 15.4. The lowest BCUT2D eigenvalue weighted by Crippen LogP contribution is -2.49. The van der Waals surface area contributed by atoms with Crippen molar-refractivity contribution < 1.29 is 22.9 Å². The van der Waals surface area contributed by atoms with Crippen LogP contribution in [0.2, 0.25) is 0 Å². The van der Waals surface area contributed by atoms with E-state index < -0.39 is 32.8 Å². The Balaban J connectivity index is 1.78. The number of carboxylic acids is 1. The molecular formula is C38H53N3O5S. The number of fused-ring (bicyclic) bond motifs is 4. The van der Waals surface area contributed by atoms with E-state index in [1.165, 1.54) is 16.8 Å². The van der Waals surface area contributed by atoms with Gasteiger partial charge in [-0.3, -0.25) is 14.3 Å². The van der Waals surface area contributed by atoms with Crippen molar-refractivity contribution in [1.82, 2.24) is 0 Å². The fraction of sp³-hybridized carbons (Fsp3) is 0.579. The summed E-state index contributed by atoms with van der Waals surface area (Å²) in [6.45, 7) is 21.8. The minimum atomic E-state index is -4.26. The number of benzene rings is 2. The Labute approximate surface area is 281 Å². The van der Waals surface area contributed by atoms with Crippen LogP contribution in [-0.4, -0.2) is 66.2 Å². The molecular weight excluding hydrogens is 611 g/mol. The van der Waals surface area contributed by atoms with Crippen LogP contribution in [0, 0.1) is 0 Å². The number of nitrogens with zero attached hydrogens (tertiary/aromatic N) is 3. The predicted octanol–water partition coefficient (Wildman–Crippen LogP) is 7.81. The lowest BCUT2D eigenvalue weighted by Gasteiger charge is -2.49. The van der Waals surface area contributed by atoms with Crippen LogP contribution < -0.4 is 9.80 Å². The van der Waals surface area contributed by atoms with Crippen LogP contribution >= 0.6 is 0 Å². The van der Waals surface area contributed by atoms with Gasteiger partial charge in [0.25, 0.3) is 10.1 Å². The SMILES string of the molecule is CCCCN=C1c2cc3c(cc2C(C)(C)c2cc4c(cc21)C(C)CC(C)(C)N4CCCC(=O)O)N(CC)C(C)(C)C=C3CS(=O)(=O)O. The molecule has 5 rings (SSSR count). The standard InChI is InChI=1S/C38H53N3O5S/c1-10-12-15-39-35-28-17-26-24(3)21-36(4,5)41(16-13-14-34(42)43)32(26)19-30(28)38(8,9)31-20-33-27(18-29(31)35)25(23-47(44,45)46)22-37(6,7)40(33)11-2/h17-20,22,24H,10-16,21,23H2,1-9H3,(H,42,43)(H,44,45,46). The Morgan fingerprint density at radius 3 is 2.17 bits per heavy atom. The maximum Gasteiger partial charge on any atom is 0.303 e. The van der Waals surface area contributed by atoms with Crippen molar-refractivity contribution in [2.45, 2.75) is 117 Å². The maximum atomic E-state index is 12.2. The normalized spacial score (nSPS) is 21.4. The molecule has 9 heteroatoms. The Morgan fingerprint density at radius 2 is 1.57 bits per heavy atom. The molecule has 0 fully saturated rings.